The van der Waals surface area contributed by atoms with E-state index in [0.29, 0.717) is 37.0 Å². The maximum atomic E-state index is 12.7. The lowest BCUT2D eigenvalue weighted by atomic mass is 10.0. The van der Waals surface area contributed by atoms with Crippen LogP contribution in [-0.2, 0) is 33.9 Å². The summed E-state index contributed by atoms with van der Waals surface area (Å²) < 4.78 is 10.5. The lowest BCUT2D eigenvalue weighted by molar-refractivity contribution is -0.146. The summed E-state index contributed by atoms with van der Waals surface area (Å²) in [6.45, 7) is 3.21. The van der Waals surface area contributed by atoms with Gasteiger partial charge in [-0.3, -0.25) is 9.59 Å². The van der Waals surface area contributed by atoms with E-state index in [2.05, 4.69) is 9.72 Å². The van der Waals surface area contributed by atoms with Crippen LogP contribution >= 0.6 is 11.6 Å². The molecule has 0 unspecified atom stereocenters. The fourth-order valence-electron chi connectivity index (χ4n) is 3.82. The Labute approximate surface area is 203 Å². The number of hydrogen-bond donors (Lipinski definition) is 0. The highest BCUT2D eigenvalue weighted by Gasteiger charge is 2.27. The molecule has 1 aromatic heterocycles. The SMILES string of the molecule is COC(=O)C[C@@H](C)C(=O)N1CCc2nc(-c3ccc(OCc4ccc(Cl)cc4)cc3)ncc2C1. The van der Waals surface area contributed by atoms with Gasteiger partial charge in [0.05, 0.1) is 19.2 Å². The average Bonchev–Trinajstić information content (AvgIpc) is 2.87. The van der Waals surface area contributed by atoms with Gasteiger partial charge in [0, 0.05) is 47.8 Å². The van der Waals surface area contributed by atoms with Gasteiger partial charge in [-0.1, -0.05) is 30.7 Å². The Morgan fingerprint density at radius 2 is 1.85 bits per heavy atom. The molecule has 1 aliphatic heterocycles. The molecule has 34 heavy (non-hydrogen) atoms. The summed E-state index contributed by atoms with van der Waals surface area (Å²) in [6, 6.07) is 15.2. The van der Waals surface area contributed by atoms with Crippen LogP contribution in [0.25, 0.3) is 11.4 Å². The predicted octanol–water partition coefficient (Wildman–Crippen LogP) is 4.46. The van der Waals surface area contributed by atoms with Crippen molar-refractivity contribution >= 4 is 23.5 Å². The highest BCUT2D eigenvalue weighted by molar-refractivity contribution is 6.30. The molecule has 2 aromatic carbocycles. The van der Waals surface area contributed by atoms with Crippen LogP contribution < -0.4 is 4.74 Å². The number of methoxy groups -OCH3 is 1. The molecule has 176 valence electrons. The second-order valence-corrected chi connectivity index (χ2v) is 8.73. The van der Waals surface area contributed by atoms with E-state index in [0.717, 1.165) is 28.1 Å². The summed E-state index contributed by atoms with van der Waals surface area (Å²) in [5, 5.41) is 0.700. The van der Waals surface area contributed by atoms with Crippen molar-refractivity contribution in [3.63, 3.8) is 0 Å². The lowest BCUT2D eigenvalue weighted by Crippen LogP contribution is -2.40. The zero-order chi connectivity index (χ0) is 24.1. The Morgan fingerprint density at radius 1 is 1.12 bits per heavy atom. The minimum absolute atomic E-state index is 0.0608. The molecular formula is C26H26ClN3O4. The number of halogens is 1. The largest absolute Gasteiger partial charge is 0.489 e. The molecule has 3 aromatic rings. The molecular weight excluding hydrogens is 454 g/mol. The number of benzene rings is 2. The molecule has 0 aliphatic carbocycles. The Morgan fingerprint density at radius 3 is 2.56 bits per heavy atom. The molecule has 0 saturated heterocycles. The van der Waals surface area contributed by atoms with Crippen LogP contribution in [0.15, 0.2) is 54.7 Å². The quantitative estimate of drug-likeness (QED) is 0.465. The second kappa shape index (κ2) is 10.7. The average molecular weight is 480 g/mol. The second-order valence-electron chi connectivity index (χ2n) is 8.30. The first-order valence-electron chi connectivity index (χ1n) is 11.1. The van der Waals surface area contributed by atoms with Gasteiger partial charge in [-0.05, 0) is 42.0 Å². The number of amides is 1. The number of hydrogen-bond acceptors (Lipinski definition) is 6. The van der Waals surface area contributed by atoms with Crippen LogP contribution in [-0.4, -0.2) is 40.4 Å². The molecule has 1 amide bonds. The molecule has 0 bridgehead atoms. The first-order valence-corrected chi connectivity index (χ1v) is 11.5. The highest BCUT2D eigenvalue weighted by atomic mass is 35.5. The van der Waals surface area contributed by atoms with E-state index in [-0.39, 0.29) is 18.3 Å². The zero-order valence-corrected chi connectivity index (χ0v) is 19.9. The van der Waals surface area contributed by atoms with Crippen molar-refractivity contribution in [1.29, 1.82) is 0 Å². The molecule has 4 rings (SSSR count). The lowest BCUT2D eigenvalue weighted by Gasteiger charge is -2.30. The Balaban J connectivity index is 1.38. The fourth-order valence-corrected chi connectivity index (χ4v) is 3.95. The van der Waals surface area contributed by atoms with Gasteiger partial charge in [0.1, 0.15) is 12.4 Å². The summed E-state index contributed by atoms with van der Waals surface area (Å²) in [7, 11) is 1.33. The molecule has 0 saturated carbocycles. The number of carbonyl (C=O) groups excluding carboxylic acids is 2. The third kappa shape index (κ3) is 5.72. The fraction of sp³-hybridized carbons (Fsp3) is 0.308. The van der Waals surface area contributed by atoms with Crippen molar-refractivity contribution in [3.05, 3.63) is 76.6 Å². The first-order chi connectivity index (χ1) is 16.4. The van der Waals surface area contributed by atoms with Crippen LogP contribution in [0.5, 0.6) is 5.75 Å². The molecule has 0 N–H and O–H groups in total. The van der Waals surface area contributed by atoms with E-state index < -0.39 is 5.92 Å². The topological polar surface area (TPSA) is 81.6 Å². The Hall–Kier alpha value is -3.45. The minimum Gasteiger partial charge on any atom is -0.489 e. The van der Waals surface area contributed by atoms with E-state index in [1.54, 1.807) is 18.0 Å². The monoisotopic (exact) mass is 479 g/mol. The van der Waals surface area contributed by atoms with E-state index in [1.807, 2.05) is 48.5 Å². The summed E-state index contributed by atoms with van der Waals surface area (Å²) in [5.41, 5.74) is 3.81. The Kier molecular flexibility index (Phi) is 7.43. The van der Waals surface area contributed by atoms with Gasteiger partial charge in [0.15, 0.2) is 5.82 Å². The number of fused-ring (bicyclic) bond motifs is 1. The molecule has 7 nitrogen and oxygen atoms in total. The molecule has 0 radical (unpaired) electrons. The first kappa shape index (κ1) is 23.7. The smallest absolute Gasteiger partial charge is 0.306 e. The zero-order valence-electron chi connectivity index (χ0n) is 19.2. The number of aromatic nitrogens is 2. The van der Waals surface area contributed by atoms with Gasteiger partial charge in [-0.2, -0.15) is 0 Å². The molecule has 1 aliphatic rings. The molecule has 0 fully saturated rings. The van der Waals surface area contributed by atoms with E-state index in [9.17, 15) is 9.59 Å². The number of carbonyl (C=O) groups is 2. The normalized spacial score (nSPS) is 13.7. The maximum absolute atomic E-state index is 12.7. The van der Waals surface area contributed by atoms with Crippen molar-refractivity contribution in [3.8, 4) is 17.1 Å². The van der Waals surface area contributed by atoms with Crippen LogP contribution in [0.2, 0.25) is 5.02 Å². The van der Waals surface area contributed by atoms with Crippen LogP contribution in [0.1, 0.15) is 30.2 Å². The van der Waals surface area contributed by atoms with Gasteiger partial charge in [-0.15, -0.1) is 0 Å². The maximum Gasteiger partial charge on any atom is 0.306 e. The third-order valence-electron chi connectivity index (χ3n) is 5.80. The summed E-state index contributed by atoms with van der Waals surface area (Å²) >= 11 is 5.92. The van der Waals surface area contributed by atoms with Crippen molar-refractivity contribution < 1.29 is 19.1 Å². The standard InChI is InChI=1S/C26H26ClN3O4/c1-17(13-24(31)33-2)26(32)30-12-11-23-20(15-30)14-28-25(29-23)19-5-9-22(10-6-19)34-16-18-3-7-21(27)8-4-18/h3-10,14,17H,11-13,15-16H2,1-2H3/t17-/m1/s1. The summed E-state index contributed by atoms with van der Waals surface area (Å²) in [6.07, 6.45) is 2.50. The number of rotatable bonds is 7. The third-order valence-corrected chi connectivity index (χ3v) is 6.05. The molecule has 0 spiro atoms. The molecule has 2 heterocycles. The van der Waals surface area contributed by atoms with E-state index in [4.69, 9.17) is 21.3 Å². The van der Waals surface area contributed by atoms with Gasteiger partial charge < -0.3 is 14.4 Å². The summed E-state index contributed by atoms with van der Waals surface area (Å²) in [5.74, 6) is 0.533. The number of esters is 1. The Bertz CT molecular complexity index is 1170. The molecule has 1 atom stereocenters. The van der Waals surface area contributed by atoms with Gasteiger partial charge in [0.2, 0.25) is 5.91 Å². The van der Waals surface area contributed by atoms with Crippen LogP contribution in [0.3, 0.4) is 0 Å². The van der Waals surface area contributed by atoms with Crippen molar-refractivity contribution in [2.75, 3.05) is 13.7 Å². The number of nitrogens with zero attached hydrogens (tertiary/aromatic N) is 3. The van der Waals surface area contributed by atoms with Crippen LogP contribution in [0.4, 0.5) is 0 Å². The molecule has 8 heteroatoms. The predicted molar refractivity (Wildman–Crippen MR) is 128 cm³/mol. The van der Waals surface area contributed by atoms with Crippen molar-refractivity contribution in [2.45, 2.75) is 32.9 Å². The number of ether oxygens (including phenoxy) is 2. The van der Waals surface area contributed by atoms with E-state index >= 15 is 0 Å². The van der Waals surface area contributed by atoms with Gasteiger partial charge in [-0.25, -0.2) is 9.97 Å². The van der Waals surface area contributed by atoms with Gasteiger partial charge >= 0.3 is 5.97 Å². The van der Waals surface area contributed by atoms with Crippen LogP contribution in [0, 0.1) is 5.92 Å². The van der Waals surface area contributed by atoms with Gasteiger partial charge in [0.25, 0.3) is 0 Å². The highest BCUT2D eigenvalue weighted by Crippen LogP contribution is 2.24. The minimum atomic E-state index is -0.422. The van der Waals surface area contributed by atoms with Crippen molar-refractivity contribution in [1.82, 2.24) is 14.9 Å². The summed E-state index contributed by atoms with van der Waals surface area (Å²) in [4.78, 5) is 35.2. The van der Waals surface area contributed by atoms with Crippen molar-refractivity contribution in [2.24, 2.45) is 5.92 Å². The van der Waals surface area contributed by atoms with E-state index in [1.165, 1.54) is 7.11 Å².